The molecule has 5 rings (SSSR count). The highest BCUT2D eigenvalue weighted by Crippen LogP contribution is 2.49. The highest BCUT2D eigenvalue weighted by atomic mass is 16.5. The SMILES string of the molecule is COc1ccc(C2C3=C(CC(c4ccccc4C)CC3=O)Nc3ncnn32)c(OC)c1OC. The van der Waals surface area contributed by atoms with Gasteiger partial charge in [-0.3, -0.25) is 4.79 Å². The number of benzene rings is 2. The number of anilines is 1. The molecule has 0 amide bonds. The van der Waals surface area contributed by atoms with E-state index in [9.17, 15) is 4.79 Å². The van der Waals surface area contributed by atoms with Crippen molar-refractivity contribution in [3.63, 3.8) is 0 Å². The van der Waals surface area contributed by atoms with Crippen molar-refractivity contribution in [1.82, 2.24) is 14.8 Å². The van der Waals surface area contributed by atoms with Gasteiger partial charge in [0.05, 0.1) is 21.3 Å². The Kier molecular flexibility index (Phi) is 5.28. The predicted molar refractivity (Wildman–Crippen MR) is 123 cm³/mol. The third-order valence-electron chi connectivity index (χ3n) is 6.52. The van der Waals surface area contributed by atoms with Crippen molar-refractivity contribution >= 4 is 11.7 Å². The number of hydrogen-bond donors (Lipinski definition) is 1. The summed E-state index contributed by atoms with van der Waals surface area (Å²) >= 11 is 0. The highest BCUT2D eigenvalue weighted by Gasteiger charge is 2.41. The Bertz CT molecular complexity index is 1260. The molecule has 2 aliphatic rings. The van der Waals surface area contributed by atoms with Gasteiger partial charge < -0.3 is 19.5 Å². The molecule has 8 heteroatoms. The first-order valence-corrected chi connectivity index (χ1v) is 10.8. The third-order valence-corrected chi connectivity index (χ3v) is 6.52. The lowest BCUT2D eigenvalue weighted by atomic mass is 9.77. The Morgan fingerprint density at radius 1 is 0.970 bits per heavy atom. The molecule has 0 bridgehead atoms. The zero-order chi connectivity index (χ0) is 23.1. The van der Waals surface area contributed by atoms with Crippen molar-refractivity contribution in [2.24, 2.45) is 0 Å². The average molecular weight is 447 g/mol. The molecule has 2 atom stereocenters. The van der Waals surface area contributed by atoms with Crippen molar-refractivity contribution in [3.8, 4) is 17.2 Å². The number of carbonyl (C=O) groups excluding carboxylic acids is 1. The van der Waals surface area contributed by atoms with E-state index in [1.165, 1.54) is 17.5 Å². The van der Waals surface area contributed by atoms with Crippen LogP contribution in [0.25, 0.3) is 0 Å². The summed E-state index contributed by atoms with van der Waals surface area (Å²) in [6, 6.07) is 11.5. The minimum atomic E-state index is -0.487. The van der Waals surface area contributed by atoms with E-state index in [1.54, 1.807) is 26.0 Å². The summed E-state index contributed by atoms with van der Waals surface area (Å²) in [4.78, 5) is 18.1. The number of carbonyl (C=O) groups is 1. The summed E-state index contributed by atoms with van der Waals surface area (Å²) in [6.45, 7) is 2.09. The number of aromatic nitrogens is 3. The molecule has 0 saturated carbocycles. The molecular formula is C25H26N4O4. The van der Waals surface area contributed by atoms with Crippen LogP contribution in [0.4, 0.5) is 5.95 Å². The van der Waals surface area contributed by atoms with Crippen molar-refractivity contribution in [2.75, 3.05) is 26.6 Å². The van der Waals surface area contributed by atoms with Crippen LogP contribution in [0, 0.1) is 6.92 Å². The molecule has 8 nitrogen and oxygen atoms in total. The molecule has 0 saturated heterocycles. The molecule has 1 N–H and O–H groups in total. The van der Waals surface area contributed by atoms with Gasteiger partial charge in [0.15, 0.2) is 17.3 Å². The van der Waals surface area contributed by atoms with Crippen LogP contribution in [-0.2, 0) is 4.79 Å². The minimum absolute atomic E-state index is 0.0833. The maximum Gasteiger partial charge on any atom is 0.226 e. The van der Waals surface area contributed by atoms with Crippen LogP contribution in [0.2, 0.25) is 0 Å². The van der Waals surface area contributed by atoms with Crippen LogP contribution < -0.4 is 19.5 Å². The number of rotatable bonds is 5. The number of Topliss-reactive ketones (excluding diaryl/α,β-unsaturated/α-hetero) is 1. The highest BCUT2D eigenvalue weighted by molar-refractivity contribution is 6.00. The first kappa shape index (κ1) is 21.1. The third kappa shape index (κ3) is 3.33. The van der Waals surface area contributed by atoms with E-state index in [2.05, 4.69) is 34.5 Å². The first-order valence-electron chi connectivity index (χ1n) is 10.8. The van der Waals surface area contributed by atoms with Gasteiger partial charge in [0.2, 0.25) is 11.7 Å². The topological polar surface area (TPSA) is 87.5 Å². The van der Waals surface area contributed by atoms with E-state index in [-0.39, 0.29) is 11.7 Å². The molecule has 33 heavy (non-hydrogen) atoms. The summed E-state index contributed by atoms with van der Waals surface area (Å²) in [5, 5.41) is 7.80. The van der Waals surface area contributed by atoms with Gasteiger partial charge in [-0.15, -0.1) is 0 Å². The zero-order valence-corrected chi connectivity index (χ0v) is 19.1. The number of nitrogens with one attached hydrogen (secondary N) is 1. The van der Waals surface area contributed by atoms with Gasteiger partial charge >= 0.3 is 0 Å². The fourth-order valence-electron chi connectivity index (χ4n) is 5.04. The Hall–Kier alpha value is -3.81. The standard InChI is InChI=1S/C25H26N4O4/c1-14-7-5-6-8-16(14)15-11-18-21(19(30)12-15)22(29-25(28-18)26-13-27-29)17-9-10-20(31-2)24(33-4)23(17)32-3/h5-10,13,15,22H,11-12H2,1-4H3,(H,26,27,28). The molecule has 2 aromatic carbocycles. The number of fused-ring (bicyclic) bond motifs is 1. The summed E-state index contributed by atoms with van der Waals surface area (Å²) in [6.07, 6.45) is 2.64. The summed E-state index contributed by atoms with van der Waals surface area (Å²) in [5.41, 5.74) is 4.71. The van der Waals surface area contributed by atoms with Gasteiger partial charge in [0.25, 0.3) is 0 Å². The molecule has 1 aromatic heterocycles. The predicted octanol–water partition coefficient (Wildman–Crippen LogP) is 4.03. The molecule has 1 aliphatic carbocycles. The fraction of sp³-hybridized carbons (Fsp3) is 0.320. The van der Waals surface area contributed by atoms with E-state index in [1.807, 2.05) is 24.3 Å². The lowest BCUT2D eigenvalue weighted by molar-refractivity contribution is -0.116. The monoisotopic (exact) mass is 446 g/mol. The molecule has 3 aromatic rings. The lowest BCUT2D eigenvalue weighted by Crippen LogP contribution is -2.34. The van der Waals surface area contributed by atoms with E-state index in [0.29, 0.717) is 41.6 Å². The quantitative estimate of drug-likeness (QED) is 0.633. The first-order chi connectivity index (χ1) is 16.1. The summed E-state index contributed by atoms with van der Waals surface area (Å²) < 4.78 is 18.5. The second kappa shape index (κ2) is 8.27. The Labute approximate surface area is 192 Å². The molecule has 2 heterocycles. The smallest absolute Gasteiger partial charge is 0.226 e. The lowest BCUT2D eigenvalue weighted by Gasteiger charge is -2.36. The number of nitrogens with zero attached hydrogens (tertiary/aromatic N) is 3. The second-order valence-corrected chi connectivity index (χ2v) is 8.26. The van der Waals surface area contributed by atoms with Crippen molar-refractivity contribution in [3.05, 3.63) is 70.7 Å². The van der Waals surface area contributed by atoms with Crippen LogP contribution in [0.5, 0.6) is 17.2 Å². The normalized spacial score (nSPS) is 19.5. The maximum atomic E-state index is 13.7. The van der Waals surface area contributed by atoms with Gasteiger partial charge in [-0.05, 0) is 42.5 Å². The van der Waals surface area contributed by atoms with Crippen molar-refractivity contribution in [2.45, 2.75) is 31.7 Å². The largest absolute Gasteiger partial charge is 0.493 e. The van der Waals surface area contributed by atoms with Gasteiger partial charge in [0.1, 0.15) is 12.4 Å². The summed E-state index contributed by atoms with van der Waals surface area (Å²) in [7, 11) is 4.72. The van der Waals surface area contributed by atoms with Crippen molar-refractivity contribution in [1.29, 1.82) is 0 Å². The zero-order valence-electron chi connectivity index (χ0n) is 19.1. The van der Waals surface area contributed by atoms with Crippen LogP contribution in [-0.4, -0.2) is 41.9 Å². The number of hydrogen-bond acceptors (Lipinski definition) is 7. The van der Waals surface area contributed by atoms with Gasteiger partial charge in [-0.2, -0.15) is 10.1 Å². The van der Waals surface area contributed by atoms with E-state index in [0.717, 1.165) is 11.3 Å². The average Bonchev–Trinajstić information content (AvgIpc) is 3.30. The Balaban J connectivity index is 1.66. The van der Waals surface area contributed by atoms with Gasteiger partial charge in [-0.1, -0.05) is 24.3 Å². The van der Waals surface area contributed by atoms with E-state index < -0.39 is 6.04 Å². The van der Waals surface area contributed by atoms with E-state index in [4.69, 9.17) is 14.2 Å². The number of aryl methyl sites for hydroxylation is 1. The molecule has 2 unspecified atom stereocenters. The van der Waals surface area contributed by atoms with Crippen LogP contribution in [0.15, 0.2) is 54.0 Å². The molecule has 1 aliphatic heterocycles. The Morgan fingerprint density at radius 3 is 2.48 bits per heavy atom. The van der Waals surface area contributed by atoms with Crippen LogP contribution >= 0.6 is 0 Å². The van der Waals surface area contributed by atoms with Crippen LogP contribution in [0.1, 0.15) is 41.5 Å². The number of ketones is 1. The number of allylic oxidation sites excluding steroid dienone is 2. The second-order valence-electron chi connectivity index (χ2n) is 8.26. The number of ether oxygens (including phenoxy) is 3. The van der Waals surface area contributed by atoms with E-state index >= 15 is 0 Å². The van der Waals surface area contributed by atoms with Crippen LogP contribution in [0.3, 0.4) is 0 Å². The van der Waals surface area contributed by atoms with Crippen molar-refractivity contribution < 1.29 is 19.0 Å². The molecule has 0 radical (unpaired) electrons. The minimum Gasteiger partial charge on any atom is -0.493 e. The van der Waals surface area contributed by atoms with Gasteiger partial charge in [-0.25, -0.2) is 4.68 Å². The molecule has 0 spiro atoms. The molecular weight excluding hydrogens is 420 g/mol. The Morgan fingerprint density at radius 2 is 1.76 bits per heavy atom. The molecule has 170 valence electrons. The van der Waals surface area contributed by atoms with Gasteiger partial charge in [0, 0.05) is 23.3 Å². The number of methoxy groups -OCH3 is 3. The summed E-state index contributed by atoms with van der Waals surface area (Å²) in [5.74, 6) is 2.31. The fourth-order valence-corrected chi connectivity index (χ4v) is 5.04. The molecule has 0 fully saturated rings. The maximum absolute atomic E-state index is 13.7.